The number of ether oxygens (including phenoxy) is 2. The number of thioether (sulfide) groups is 1. The summed E-state index contributed by atoms with van der Waals surface area (Å²) >= 11 is 7.61. The molecule has 0 spiro atoms. The van der Waals surface area contributed by atoms with E-state index in [1.54, 1.807) is 26.5 Å². The Bertz CT molecular complexity index is 610. The van der Waals surface area contributed by atoms with E-state index in [9.17, 15) is 0 Å². The highest BCUT2D eigenvalue weighted by atomic mass is 35.5. The van der Waals surface area contributed by atoms with Crippen LogP contribution in [-0.4, -0.2) is 25.0 Å². The molecule has 4 nitrogen and oxygen atoms in total. The molecule has 1 heterocycles. The molecule has 0 saturated heterocycles. The predicted octanol–water partition coefficient (Wildman–Crippen LogP) is 3.54. The lowest BCUT2D eigenvalue weighted by Crippen LogP contribution is -2.14. The molecule has 1 aromatic carbocycles. The van der Waals surface area contributed by atoms with Crippen LogP contribution in [0.15, 0.2) is 41.6 Å². The molecule has 0 bridgehead atoms. The summed E-state index contributed by atoms with van der Waals surface area (Å²) < 4.78 is 10.6. The van der Waals surface area contributed by atoms with E-state index in [4.69, 9.17) is 26.8 Å². The minimum absolute atomic E-state index is 0.210. The average molecular weight is 325 g/mol. The summed E-state index contributed by atoms with van der Waals surface area (Å²) in [6, 6.07) is 9.00. The van der Waals surface area contributed by atoms with E-state index in [-0.39, 0.29) is 6.04 Å². The third kappa shape index (κ3) is 4.03. The Hall–Kier alpha value is -1.43. The number of aromatic nitrogens is 1. The van der Waals surface area contributed by atoms with Crippen molar-refractivity contribution in [1.29, 1.82) is 0 Å². The van der Waals surface area contributed by atoms with Gasteiger partial charge in [-0.05, 0) is 30.3 Å². The van der Waals surface area contributed by atoms with Gasteiger partial charge >= 0.3 is 0 Å². The van der Waals surface area contributed by atoms with Gasteiger partial charge in [0.25, 0.3) is 0 Å². The van der Waals surface area contributed by atoms with Crippen LogP contribution in [0.1, 0.15) is 11.6 Å². The van der Waals surface area contributed by atoms with Crippen molar-refractivity contribution in [1.82, 2.24) is 4.98 Å². The smallest absolute Gasteiger partial charge is 0.123 e. The van der Waals surface area contributed by atoms with Crippen molar-refractivity contribution in [3.63, 3.8) is 0 Å². The minimum Gasteiger partial charge on any atom is -0.497 e. The van der Waals surface area contributed by atoms with E-state index in [1.807, 2.05) is 24.3 Å². The molecule has 1 unspecified atom stereocenters. The van der Waals surface area contributed by atoms with Gasteiger partial charge in [-0.1, -0.05) is 11.6 Å². The monoisotopic (exact) mass is 324 g/mol. The molecule has 21 heavy (non-hydrogen) atoms. The van der Waals surface area contributed by atoms with Gasteiger partial charge in [0.2, 0.25) is 0 Å². The Morgan fingerprint density at radius 2 is 2.10 bits per heavy atom. The zero-order chi connectivity index (χ0) is 15.2. The van der Waals surface area contributed by atoms with Crippen LogP contribution in [0.3, 0.4) is 0 Å². The molecule has 1 aromatic heterocycles. The summed E-state index contributed by atoms with van der Waals surface area (Å²) in [6.07, 6.45) is 1.71. The molecule has 0 fully saturated rings. The van der Waals surface area contributed by atoms with Crippen molar-refractivity contribution in [3.8, 4) is 11.5 Å². The zero-order valence-corrected chi connectivity index (χ0v) is 13.4. The molecule has 112 valence electrons. The van der Waals surface area contributed by atoms with Crippen LogP contribution in [-0.2, 0) is 0 Å². The molecule has 2 rings (SSSR count). The van der Waals surface area contributed by atoms with E-state index in [0.717, 1.165) is 22.1 Å². The van der Waals surface area contributed by atoms with Gasteiger partial charge in [0.15, 0.2) is 0 Å². The van der Waals surface area contributed by atoms with Crippen LogP contribution in [0.25, 0.3) is 0 Å². The molecule has 0 amide bonds. The van der Waals surface area contributed by atoms with Crippen molar-refractivity contribution >= 4 is 23.4 Å². The number of pyridine rings is 1. The summed E-state index contributed by atoms with van der Waals surface area (Å²) in [5, 5.41) is 1.41. The van der Waals surface area contributed by atoms with E-state index in [0.29, 0.717) is 10.8 Å². The Morgan fingerprint density at radius 1 is 1.29 bits per heavy atom. The summed E-state index contributed by atoms with van der Waals surface area (Å²) in [5.74, 6) is 2.14. The molecule has 0 saturated carbocycles. The first kappa shape index (κ1) is 15.9. The highest BCUT2D eigenvalue weighted by molar-refractivity contribution is 7.99. The van der Waals surface area contributed by atoms with Gasteiger partial charge in [-0.2, -0.15) is 0 Å². The lowest BCUT2D eigenvalue weighted by atomic mass is 10.1. The molecule has 0 aliphatic carbocycles. The normalized spacial score (nSPS) is 12.0. The topological polar surface area (TPSA) is 57.4 Å². The molecule has 0 aliphatic heterocycles. The predicted molar refractivity (Wildman–Crippen MR) is 86.4 cm³/mol. The minimum atomic E-state index is -0.210. The molecule has 2 aromatic rings. The van der Waals surface area contributed by atoms with Gasteiger partial charge in [0.1, 0.15) is 16.5 Å². The van der Waals surface area contributed by atoms with E-state index >= 15 is 0 Å². The number of benzene rings is 1. The molecular formula is C15H17ClN2O2S. The first-order valence-corrected chi connectivity index (χ1v) is 7.73. The zero-order valence-electron chi connectivity index (χ0n) is 11.9. The van der Waals surface area contributed by atoms with Crippen LogP contribution in [0.2, 0.25) is 5.02 Å². The summed E-state index contributed by atoms with van der Waals surface area (Å²) in [5.41, 5.74) is 7.17. The third-order valence-corrected chi connectivity index (χ3v) is 4.50. The maximum Gasteiger partial charge on any atom is 0.123 e. The van der Waals surface area contributed by atoms with Gasteiger partial charge in [-0.3, -0.25) is 0 Å². The van der Waals surface area contributed by atoms with Crippen molar-refractivity contribution in [2.45, 2.75) is 11.1 Å². The van der Waals surface area contributed by atoms with Crippen LogP contribution in [0.5, 0.6) is 11.5 Å². The Labute approximate surface area is 133 Å². The highest BCUT2D eigenvalue weighted by Crippen LogP contribution is 2.32. The van der Waals surface area contributed by atoms with Gasteiger partial charge in [0, 0.05) is 23.6 Å². The van der Waals surface area contributed by atoms with Gasteiger partial charge in [0.05, 0.1) is 19.2 Å². The van der Waals surface area contributed by atoms with Crippen molar-refractivity contribution < 1.29 is 9.47 Å². The number of methoxy groups -OCH3 is 2. The molecular weight excluding hydrogens is 308 g/mol. The average Bonchev–Trinajstić information content (AvgIpc) is 2.53. The van der Waals surface area contributed by atoms with Crippen LogP contribution in [0.4, 0.5) is 0 Å². The van der Waals surface area contributed by atoms with Crippen LogP contribution >= 0.6 is 23.4 Å². The van der Waals surface area contributed by atoms with E-state index in [1.165, 1.54) is 11.8 Å². The van der Waals surface area contributed by atoms with Crippen molar-refractivity contribution in [2.75, 3.05) is 20.0 Å². The summed E-state index contributed by atoms with van der Waals surface area (Å²) in [6.45, 7) is 0. The quantitative estimate of drug-likeness (QED) is 0.824. The van der Waals surface area contributed by atoms with E-state index < -0.39 is 0 Å². The number of hydrogen-bond acceptors (Lipinski definition) is 5. The van der Waals surface area contributed by atoms with Crippen molar-refractivity contribution in [2.24, 2.45) is 5.73 Å². The SMILES string of the molecule is COc1ccc(OC)c(C(N)CSc2ncccc2Cl)c1. The first-order valence-electron chi connectivity index (χ1n) is 6.36. The molecule has 0 radical (unpaired) electrons. The fourth-order valence-electron chi connectivity index (χ4n) is 1.87. The maximum atomic E-state index is 6.27. The van der Waals surface area contributed by atoms with E-state index in [2.05, 4.69) is 4.98 Å². The van der Waals surface area contributed by atoms with Gasteiger partial charge in [-0.25, -0.2) is 4.98 Å². The van der Waals surface area contributed by atoms with Gasteiger partial charge in [-0.15, -0.1) is 11.8 Å². The Balaban J connectivity index is 2.13. The number of halogens is 1. The molecule has 6 heteroatoms. The maximum absolute atomic E-state index is 6.27. The number of nitrogens with two attached hydrogens (primary N) is 1. The molecule has 1 atom stereocenters. The Morgan fingerprint density at radius 3 is 2.76 bits per heavy atom. The second-order valence-corrected chi connectivity index (χ2v) is 5.73. The lowest BCUT2D eigenvalue weighted by molar-refractivity contribution is 0.396. The van der Waals surface area contributed by atoms with Gasteiger partial charge < -0.3 is 15.2 Å². The Kier molecular flexibility index (Phi) is 5.73. The first-order chi connectivity index (χ1) is 10.2. The molecule has 0 aliphatic rings. The van der Waals surface area contributed by atoms with Crippen LogP contribution in [0, 0.1) is 0 Å². The highest BCUT2D eigenvalue weighted by Gasteiger charge is 2.14. The second-order valence-electron chi connectivity index (χ2n) is 4.32. The second kappa shape index (κ2) is 7.54. The number of nitrogens with zero attached hydrogens (tertiary/aromatic N) is 1. The standard InChI is InChI=1S/C15H17ClN2O2S/c1-19-10-5-6-14(20-2)11(8-10)13(17)9-21-15-12(16)4-3-7-18-15/h3-8,13H,9,17H2,1-2H3. The summed E-state index contributed by atoms with van der Waals surface area (Å²) in [7, 11) is 3.25. The summed E-state index contributed by atoms with van der Waals surface area (Å²) in [4.78, 5) is 4.24. The fourth-order valence-corrected chi connectivity index (χ4v) is 3.01. The number of rotatable bonds is 6. The lowest BCUT2D eigenvalue weighted by Gasteiger charge is -2.16. The number of hydrogen-bond donors (Lipinski definition) is 1. The molecule has 2 N–H and O–H groups in total. The van der Waals surface area contributed by atoms with Crippen molar-refractivity contribution in [3.05, 3.63) is 47.1 Å². The fraction of sp³-hybridized carbons (Fsp3) is 0.267. The third-order valence-electron chi connectivity index (χ3n) is 2.96. The van der Waals surface area contributed by atoms with Crippen LogP contribution < -0.4 is 15.2 Å². The largest absolute Gasteiger partial charge is 0.497 e.